The lowest BCUT2D eigenvalue weighted by Gasteiger charge is -2.21. The molecule has 0 aromatic rings. The number of hydrogen-bond donors (Lipinski definition) is 2. The third-order valence-corrected chi connectivity index (χ3v) is 1.93. The highest BCUT2D eigenvalue weighted by Gasteiger charge is 2.38. The van der Waals surface area contributed by atoms with Gasteiger partial charge < -0.3 is 10.2 Å². The van der Waals surface area contributed by atoms with Crippen LogP contribution >= 0.6 is 0 Å². The SMILES string of the molecule is CCN1N=NC2C(O)=NC(O)=NC21. The Kier molecular flexibility index (Phi) is 1.64. The number of aliphatic hydroxyl groups is 2. The maximum atomic E-state index is 9.29. The van der Waals surface area contributed by atoms with Crippen LogP contribution in [0.15, 0.2) is 20.3 Å². The molecule has 7 nitrogen and oxygen atoms in total. The van der Waals surface area contributed by atoms with Crippen LogP contribution in [-0.2, 0) is 0 Å². The van der Waals surface area contributed by atoms with Crippen LogP contribution in [-0.4, -0.2) is 45.9 Å². The molecule has 2 unspecified atom stereocenters. The minimum atomic E-state index is -0.559. The summed E-state index contributed by atoms with van der Waals surface area (Å²) >= 11 is 0. The molecule has 0 fully saturated rings. The monoisotopic (exact) mass is 183 g/mol. The maximum Gasteiger partial charge on any atom is 0.314 e. The van der Waals surface area contributed by atoms with Crippen molar-refractivity contribution >= 4 is 11.9 Å². The normalized spacial score (nSPS) is 31.3. The fourth-order valence-corrected chi connectivity index (χ4v) is 1.29. The van der Waals surface area contributed by atoms with Gasteiger partial charge in [-0.25, -0.2) is 4.99 Å². The predicted molar refractivity (Wildman–Crippen MR) is 44.9 cm³/mol. The first kappa shape index (κ1) is 7.96. The number of nitrogens with zero attached hydrogens (tertiary/aromatic N) is 5. The highest BCUT2D eigenvalue weighted by atomic mass is 16.3. The van der Waals surface area contributed by atoms with Crippen LogP contribution in [0.1, 0.15) is 6.92 Å². The molecule has 0 amide bonds. The lowest BCUT2D eigenvalue weighted by molar-refractivity contribution is 0.239. The number of fused-ring (bicyclic) bond motifs is 1. The van der Waals surface area contributed by atoms with Crippen LogP contribution in [0.5, 0.6) is 0 Å². The van der Waals surface area contributed by atoms with Crippen molar-refractivity contribution in [1.29, 1.82) is 0 Å². The van der Waals surface area contributed by atoms with E-state index in [1.807, 2.05) is 6.92 Å². The van der Waals surface area contributed by atoms with Gasteiger partial charge >= 0.3 is 6.02 Å². The Morgan fingerprint density at radius 2 is 2.23 bits per heavy atom. The minimum absolute atomic E-state index is 0.239. The third kappa shape index (κ3) is 1.12. The first-order valence-electron chi connectivity index (χ1n) is 3.94. The Bertz CT molecular complexity index is 310. The van der Waals surface area contributed by atoms with Crippen LogP contribution < -0.4 is 0 Å². The van der Waals surface area contributed by atoms with Gasteiger partial charge in [0.05, 0.1) is 0 Å². The van der Waals surface area contributed by atoms with Crippen LogP contribution in [0.2, 0.25) is 0 Å². The fourth-order valence-electron chi connectivity index (χ4n) is 1.29. The Morgan fingerprint density at radius 3 is 2.92 bits per heavy atom. The summed E-state index contributed by atoms with van der Waals surface area (Å²) in [7, 11) is 0. The van der Waals surface area contributed by atoms with Gasteiger partial charge in [-0.2, -0.15) is 10.1 Å². The number of rotatable bonds is 1. The summed E-state index contributed by atoms with van der Waals surface area (Å²) < 4.78 is 0. The largest absolute Gasteiger partial charge is 0.495 e. The molecule has 0 saturated heterocycles. The molecular weight excluding hydrogens is 174 g/mol. The van der Waals surface area contributed by atoms with E-state index in [1.54, 1.807) is 5.01 Å². The summed E-state index contributed by atoms with van der Waals surface area (Å²) in [6.45, 7) is 2.51. The Morgan fingerprint density at radius 1 is 1.46 bits per heavy atom. The molecule has 0 radical (unpaired) electrons. The number of hydrogen-bond acceptors (Lipinski definition) is 5. The summed E-state index contributed by atoms with van der Waals surface area (Å²) in [4.78, 5) is 7.20. The highest BCUT2D eigenvalue weighted by molar-refractivity contribution is 5.94. The number of amidine groups is 1. The second kappa shape index (κ2) is 2.68. The average Bonchev–Trinajstić information content (AvgIpc) is 2.47. The molecule has 2 rings (SSSR count). The van der Waals surface area contributed by atoms with Gasteiger partial charge in [0, 0.05) is 6.54 Å². The number of likely N-dealkylation sites (N-methyl/N-ethyl adjacent to an activating group) is 1. The second-order valence-corrected chi connectivity index (χ2v) is 2.72. The lowest BCUT2D eigenvalue weighted by Crippen LogP contribution is -2.41. The molecule has 2 aliphatic heterocycles. The van der Waals surface area contributed by atoms with E-state index >= 15 is 0 Å². The fraction of sp³-hybridized carbons (Fsp3) is 0.667. The molecule has 2 N–H and O–H groups in total. The van der Waals surface area contributed by atoms with Gasteiger partial charge in [-0.05, 0) is 6.92 Å². The van der Waals surface area contributed by atoms with Gasteiger partial charge in [0.25, 0.3) is 0 Å². The van der Waals surface area contributed by atoms with Crippen molar-refractivity contribution in [3.63, 3.8) is 0 Å². The molecule has 2 atom stereocenters. The van der Waals surface area contributed by atoms with E-state index in [4.69, 9.17) is 5.11 Å². The van der Waals surface area contributed by atoms with Gasteiger partial charge in [0.15, 0.2) is 12.2 Å². The minimum Gasteiger partial charge on any atom is -0.495 e. The zero-order valence-electron chi connectivity index (χ0n) is 6.99. The number of aliphatic hydroxyl groups excluding tert-OH is 2. The topological polar surface area (TPSA) is 93.1 Å². The first-order chi connectivity index (χ1) is 6.22. The van der Waals surface area contributed by atoms with Crippen molar-refractivity contribution in [1.82, 2.24) is 5.01 Å². The van der Waals surface area contributed by atoms with Crippen LogP contribution in [0.25, 0.3) is 0 Å². The van der Waals surface area contributed by atoms with Crippen LogP contribution in [0, 0.1) is 0 Å². The molecule has 0 saturated carbocycles. The van der Waals surface area contributed by atoms with Gasteiger partial charge in [-0.3, -0.25) is 5.01 Å². The molecule has 0 aliphatic carbocycles. The molecule has 0 aromatic carbocycles. The maximum absolute atomic E-state index is 9.29. The third-order valence-electron chi connectivity index (χ3n) is 1.93. The summed E-state index contributed by atoms with van der Waals surface area (Å²) in [5, 5.41) is 27.5. The van der Waals surface area contributed by atoms with E-state index in [1.165, 1.54) is 0 Å². The average molecular weight is 183 g/mol. The van der Waals surface area contributed by atoms with Crippen LogP contribution in [0.3, 0.4) is 0 Å². The zero-order valence-corrected chi connectivity index (χ0v) is 6.99. The Labute approximate surface area is 74.1 Å². The summed E-state index contributed by atoms with van der Waals surface area (Å²) in [6, 6.07) is -0.986. The molecule has 0 spiro atoms. The van der Waals surface area contributed by atoms with Crippen molar-refractivity contribution in [3.8, 4) is 0 Å². The molecule has 0 bridgehead atoms. The molecule has 7 heteroatoms. The van der Waals surface area contributed by atoms with Crippen molar-refractivity contribution in [2.45, 2.75) is 19.1 Å². The van der Waals surface area contributed by atoms with E-state index in [9.17, 15) is 5.11 Å². The van der Waals surface area contributed by atoms with E-state index < -0.39 is 18.2 Å². The second-order valence-electron chi connectivity index (χ2n) is 2.72. The van der Waals surface area contributed by atoms with E-state index in [0.717, 1.165) is 0 Å². The lowest BCUT2D eigenvalue weighted by atomic mass is 10.2. The van der Waals surface area contributed by atoms with Gasteiger partial charge in [0.1, 0.15) is 0 Å². The molecule has 13 heavy (non-hydrogen) atoms. The van der Waals surface area contributed by atoms with Crippen LogP contribution in [0.4, 0.5) is 0 Å². The van der Waals surface area contributed by atoms with E-state index in [2.05, 4.69) is 20.3 Å². The Hall–Kier alpha value is -1.66. The van der Waals surface area contributed by atoms with Gasteiger partial charge in [0.2, 0.25) is 5.90 Å². The quantitative estimate of drug-likeness (QED) is 0.610. The summed E-state index contributed by atoms with van der Waals surface area (Å²) in [5.41, 5.74) is 0. The first-order valence-corrected chi connectivity index (χ1v) is 3.94. The van der Waals surface area contributed by atoms with Crippen molar-refractivity contribution in [3.05, 3.63) is 0 Å². The molecular formula is C6H9N5O2. The van der Waals surface area contributed by atoms with Crippen molar-refractivity contribution in [2.75, 3.05) is 6.54 Å². The summed E-state index contributed by atoms with van der Waals surface area (Å²) in [6.07, 6.45) is -0.442. The highest BCUT2D eigenvalue weighted by Crippen LogP contribution is 2.21. The van der Waals surface area contributed by atoms with E-state index in [-0.39, 0.29) is 5.90 Å². The molecule has 2 aliphatic rings. The molecule has 70 valence electrons. The standard InChI is InChI=1S/C6H9N5O2/c1-2-11-4-3(9-10-11)5(12)8-6(13)7-4/h3-4H,2H2,1H3,(H2,7,8,12,13). The number of aliphatic imine (C=N–C) groups is 2. The predicted octanol–water partition coefficient (Wildman–Crippen LogP) is 0.268. The Balaban J connectivity index is 2.29. The van der Waals surface area contributed by atoms with E-state index in [0.29, 0.717) is 6.54 Å². The van der Waals surface area contributed by atoms with Crippen molar-refractivity contribution < 1.29 is 10.2 Å². The smallest absolute Gasteiger partial charge is 0.314 e. The summed E-state index contributed by atoms with van der Waals surface area (Å²) in [5.74, 6) is -0.239. The molecule has 0 aromatic heterocycles. The van der Waals surface area contributed by atoms with Gasteiger partial charge in [-0.1, -0.05) is 5.22 Å². The van der Waals surface area contributed by atoms with Crippen molar-refractivity contribution in [2.24, 2.45) is 20.3 Å². The van der Waals surface area contributed by atoms with Gasteiger partial charge in [-0.15, -0.1) is 0 Å². The zero-order chi connectivity index (χ0) is 9.42. The molecule has 2 heterocycles.